The van der Waals surface area contributed by atoms with Gasteiger partial charge in [-0.2, -0.15) is 0 Å². The highest BCUT2D eigenvalue weighted by molar-refractivity contribution is 14.1. The van der Waals surface area contributed by atoms with E-state index in [9.17, 15) is 0 Å². The normalized spacial score (nSPS) is 11.4. The summed E-state index contributed by atoms with van der Waals surface area (Å²) < 4.78 is 1.01. The molecule has 1 aromatic carbocycles. The fourth-order valence-electron chi connectivity index (χ4n) is 1.97. The number of nitrogens with zero attached hydrogens (tertiary/aromatic N) is 2. The summed E-state index contributed by atoms with van der Waals surface area (Å²) in [6.45, 7) is 7.96. The third-order valence-corrected chi connectivity index (χ3v) is 3.28. The minimum Gasteiger partial charge on any atom is -0.261 e. The maximum atomic E-state index is 4.51. The molecule has 0 atom stereocenters. The van der Waals surface area contributed by atoms with Crippen LogP contribution < -0.4 is 0 Å². The quantitative estimate of drug-likeness (QED) is 0.515. The summed E-state index contributed by atoms with van der Waals surface area (Å²) in [5, 5.41) is 0. The molecule has 20 heavy (non-hydrogen) atoms. The summed E-state index contributed by atoms with van der Waals surface area (Å²) in [6.07, 6.45) is 4.73. The molecule has 0 saturated heterocycles. The zero-order valence-electron chi connectivity index (χ0n) is 11.7. The van der Waals surface area contributed by atoms with E-state index in [1.807, 2.05) is 25.3 Å². The Labute approximate surface area is 133 Å². The van der Waals surface area contributed by atoms with Crippen LogP contribution >= 0.6 is 22.6 Å². The SMILES string of the molecule is C=Cc1cc(-c2ccc(CC)nc2)ccc1/N=C(\C)I. The van der Waals surface area contributed by atoms with E-state index >= 15 is 0 Å². The molecule has 3 heteroatoms. The maximum Gasteiger partial charge on any atom is 0.0760 e. The number of hydrogen-bond donors (Lipinski definition) is 0. The fraction of sp³-hybridized carbons (Fsp3) is 0.176. The van der Waals surface area contributed by atoms with Gasteiger partial charge in [-0.3, -0.25) is 4.98 Å². The fourth-order valence-corrected chi connectivity index (χ4v) is 2.23. The average Bonchev–Trinajstić information content (AvgIpc) is 2.47. The largest absolute Gasteiger partial charge is 0.261 e. The molecule has 0 bridgehead atoms. The van der Waals surface area contributed by atoms with E-state index in [2.05, 4.69) is 70.3 Å². The predicted molar refractivity (Wildman–Crippen MR) is 95.9 cm³/mol. The number of aliphatic imine (C=N–C) groups is 1. The summed E-state index contributed by atoms with van der Waals surface area (Å²) in [4.78, 5) is 8.95. The number of hydrogen-bond acceptors (Lipinski definition) is 2. The van der Waals surface area contributed by atoms with E-state index < -0.39 is 0 Å². The molecular formula is C17H17IN2. The predicted octanol–water partition coefficient (Wildman–Crippen LogP) is 5.44. The van der Waals surface area contributed by atoms with Crippen LogP contribution in [-0.2, 0) is 6.42 Å². The Balaban J connectivity index is 2.42. The molecule has 102 valence electrons. The molecule has 0 N–H and O–H groups in total. The Morgan fingerprint density at radius 3 is 2.60 bits per heavy atom. The zero-order chi connectivity index (χ0) is 14.5. The van der Waals surface area contributed by atoms with Crippen molar-refractivity contribution < 1.29 is 0 Å². The van der Waals surface area contributed by atoms with Crippen molar-refractivity contribution in [2.75, 3.05) is 0 Å². The summed E-state index contributed by atoms with van der Waals surface area (Å²) in [5.41, 5.74) is 5.36. The van der Waals surface area contributed by atoms with Crippen LogP contribution in [0.25, 0.3) is 17.2 Å². The minimum absolute atomic E-state index is 0.953. The molecule has 0 aliphatic rings. The maximum absolute atomic E-state index is 4.51. The second-order valence-electron chi connectivity index (χ2n) is 4.48. The number of pyridine rings is 1. The van der Waals surface area contributed by atoms with Crippen LogP contribution in [-0.4, -0.2) is 8.70 Å². The van der Waals surface area contributed by atoms with Gasteiger partial charge in [-0.25, -0.2) is 4.99 Å². The van der Waals surface area contributed by atoms with Gasteiger partial charge in [0.2, 0.25) is 0 Å². The van der Waals surface area contributed by atoms with Crippen molar-refractivity contribution in [1.82, 2.24) is 4.98 Å². The monoisotopic (exact) mass is 376 g/mol. The number of benzene rings is 1. The molecule has 0 saturated carbocycles. The Bertz CT molecular complexity index is 639. The second-order valence-corrected chi connectivity index (χ2v) is 6.04. The highest BCUT2D eigenvalue weighted by Gasteiger charge is 2.03. The number of rotatable bonds is 4. The molecule has 0 aliphatic carbocycles. The third kappa shape index (κ3) is 3.54. The Hall–Kier alpha value is -1.49. The molecule has 1 aromatic heterocycles. The lowest BCUT2D eigenvalue weighted by Gasteiger charge is -2.07. The molecule has 1 heterocycles. The van der Waals surface area contributed by atoms with E-state index in [4.69, 9.17) is 0 Å². The van der Waals surface area contributed by atoms with Crippen LogP contribution in [0.1, 0.15) is 25.1 Å². The highest BCUT2D eigenvalue weighted by Crippen LogP contribution is 2.28. The average molecular weight is 376 g/mol. The molecule has 0 unspecified atom stereocenters. The summed E-state index contributed by atoms with van der Waals surface area (Å²) in [7, 11) is 0. The zero-order valence-corrected chi connectivity index (χ0v) is 13.9. The van der Waals surface area contributed by atoms with Crippen LogP contribution in [0.5, 0.6) is 0 Å². The van der Waals surface area contributed by atoms with Crippen LogP contribution in [0.2, 0.25) is 0 Å². The van der Waals surface area contributed by atoms with Crippen molar-refractivity contribution in [1.29, 1.82) is 0 Å². The summed E-state index contributed by atoms with van der Waals surface area (Å²) in [6, 6.07) is 10.4. The smallest absolute Gasteiger partial charge is 0.0760 e. The summed E-state index contributed by atoms with van der Waals surface area (Å²) >= 11 is 2.21. The molecule has 0 aliphatic heterocycles. The van der Waals surface area contributed by atoms with Crippen LogP contribution in [0.3, 0.4) is 0 Å². The second kappa shape index (κ2) is 6.79. The van der Waals surface area contributed by atoms with Gasteiger partial charge in [0.1, 0.15) is 0 Å². The van der Waals surface area contributed by atoms with Crippen molar-refractivity contribution in [3.63, 3.8) is 0 Å². The van der Waals surface area contributed by atoms with E-state index in [1.165, 1.54) is 0 Å². The first kappa shape index (κ1) is 14.9. The van der Waals surface area contributed by atoms with Gasteiger partial charge in [-0.1, -0.05) is 31.7 Å². The van der Waals surface area contributed by atoms with Crippen molar-refractivity contribution in [2.45, 2.75) is 20.3 Å². The van der Waals surface area contributed by atoms with Gasteiger partial charge in [0.15, 0.2) is 0 Å². The van der Waals surface area contributed by atoms with E-state index in [1.54, 1.807) is 0 Å². The minimum atomic E-state index is 0.953. The van der Waals surface area contributed by atoms with Crippen molar-refractivity contribution in [3.05, 3.63) is 54.4 Å². The van der Waals surface area contributed by atoms with Gasteiger partial charge in [0.05, 0.1) is 9.41 Å². The first-order chi connectivity index (χ1) is 9.63. The number of aryl methyl sites for hydroxylation is 1. The van der Waals surface area contributed by atoms with Gasteiger partial charge in [-0.15, -0.1) is 0 Å². The lowest BCUT2D eigenvalue weighted by atomic mass is 10.0. The van der Waals surface area contributed by atoms with Crippen LogP contribution in [0.4, 0.5) is 5.69 Å². The first-order valence-corrected chi connectivity index (χ1v) is 7.64. The lowest BCUT2D eigenvalue weighted by molar-refractivity contribution is 1.04. The van der Waals surface area contributed by atoms with Gasteiger partial charge in [0, 0.05) is 23.0 Å². The topological polar surface area (TPSA) is 25.2 Å². The number of aromatic nitrogens is 1. The molecule has 0 amide bonds. The van der Waals surface area contributed by atoms with Crippen molar-refractivity contribution >= 4 is 38.1 Å². The van der Waals surface area contributed by atoms with E-state index in [-0.39, 0.29) is 0 Å². The van der Waals surface area contributed by atoms with Crippen LogP contribution in [0.15, 0.2) is 48.1 Å². The van der Waals surface area contributed by atoms with Crippen molar-refractivity contribution in [3.8, 4) is 11.1 Å². The molecule has 2 aromatic rings. The molecule has 2 nitrogen and oxygen atoms in total. The van der Waals surface area contributed by atoms with Gasteiger partial charge < -0.3 is 0 Å². The molecule has 0 fully saturated rings. The Kier molecular flexibility index (Phi) is 5.06. The highest BCUT2D eigenvalue weighted by atomic mass is 127. The van der Waals surface area contributed by atoms with Crippen LogP contribution in [0, 0.1) is 0 Å². The van der Waals surface area contributed by atoms with Gasteiger partial charge in [-0.05, 0) is 59.7 Å². The van der Waals surface area contributed by atoms with E-state index in [0.717, 1.165) is 38.2 Å². The molecule has 0 radical (unpaired) electrons. The standard InChI is InChI=1S/C17H17IN2/c1-4-13-10-14(7-9-17(13)20-12(3)18)15-6-8-16(5-2)19-11-15/h4,6-11H,1,5H2,2-3H3/b20-12+. The van der Waals surface area contributed by atoms with Gasteiger partial charge in [0.25, 0.3) is 0 Å². The third-order valence-electron chi connectivity index (χ3n) is 3.04. The molecule has 2 rings (SSSR count). The van der Waals surface area contributed by atoms with Gasteiger partial charge >= 0.3 is 0 Å². The Morgan fingerprint density at radius 2 is 2.05 bits per heavy atom. The molecule has 0 spiro atoms. The lowest BCUT2D eigenvalue weighted by Crippen LogP contribution is -1.87. The van der Waals surface area contributed by atoms with E-state index in [0.29, 0.717) is 0 Å². The number of halogens is 1. The Morgan fingerprint density at radius 1 is 1.30 bits per heavy atom. The summed E-state index contributed by atoms with van der Waals surface area (Å²) in [5.74, 6) is 0. The first-order valence-electron chi connectivity index (χ1n) is 6.56. The van der Waals surface area contributed by atoms with Crippen molar-refractivity contribution in [2.24, 2.45) is 4.99 Å². The molecular weight excluding hydrogens is 359 g/mol.